The van der Waals surface area contributed by atoms with Crippen LogP contribution >= 0.6 is 0 Å². The van der Waals surface area contributed by atoms with Gasteiger partial charge in [-0.1, -0.05) is 13.8 Å². The molecule has 0 saturated carbocycles. The highest BCUT2D eigenvalue weighted by molar-refractivity contribution is 6.04. The first-order valence-electron chi connectivity index (χ1n) is 8.61. The number of hydrogen-bond acceptors (Lipinski definition) is 6. The summed E-state index contributed by atoms with van der Waals surface area (Å²) in [6, 6.07) is 5.28. The molecule has 2 heterocycles. The fourth-order valence-electron chi connectivity index (χ4n) is 2.55. The van der Waals surface area contributed by atoms with Gasteiger partial charge in [-0.05, 0) is 37.0 Å². The van der Waals surface area contributed by atoms with E-state index in [0.717, 1.165) is 19.4 Å². The summed E-state index contributed by atoms with van der Waals surface area (Å²) in [4.78, 5) is 16.9. The maximum Gasteiger partial charge on any atom is 0.291 e. The van der Waals surface area contributed by atoms with Crippen LogP contribution in [0.15, 0.2) is 23.2 Å². The fourth-order valence-corrected chi connectivity index (χ4v) is 2.55. The van der Waals surface area contributed by atoms with Gasteiger partial charge in [-0.2, -0.15) is 0 Å². The molecule has 136 valence electrons. The number of amidine groups is 1. The SMILES string of the molecule is CC(C)COC(=NC[C@H]1CCCO1)NC(=O)c1ccc2c(c1)OCO2. The lowest BCUT2D eigenvalue weighted by molar-refractivity contribution is 0.0959. The molecule has 0 spiro atoms. The molecule has 1 aromatic rings. The Morgan fingerprint density at radius 1 is 1.36 bits per heavy atom. The molecule has 0 unspecified atom stereocenters. The predicted molar refractivity (Wildman–Crippen MR) is 92.1 cm³/mol. The highest BCUT2D eigenvalue weighted by Gasteiger charge is 2.19. The zero-order chi connectivity index (χ0) is 17.6. The van der Waals surface area contributed by atoms with Crippen molar-refractivity contribution >= 4 is 11.9 Å². The number of benzene rings is 1. The summed E-state index contributed by atoms with van der Waals surface area (Å²) in [5, 5.41) is 2.74. The van der Waals surface area contributed by atoms with Crippen LogP contribution in [0.4, 0.5) is 0 Å². The lowest BCUT2D eigenvalue weighted by atomic mass is 10.2. The zero-order valence-corrected chi connectivity index (χ0v) is 14.6. The molecule has 3 rings (SSSR count). The maximum atomic E-state index is 12.5. The van der Waals surface area contributed by atoms with E-state index in [4.69, 9.17) is 18.9 Å². The van der Waals surface area contributed by atoms with Crippen LogP contribution in [0.3, 0.4) is 0 Å². The Balaban J connectivity index is 1.65. The molecule has 7 heteroatoms. The minimum Gasteiger partial charge on any atom is -0.465 e. The second-order valence-electron chi connectivity index (χ2n) is 6.51. The Hall–Kier alpha value is -2.28. The van der Waals surface area contributed by atoms with Crippen molar-refractivity contribution in [3.05, 3.63) is 23.8 Å². The van der Waals surface area contributed by atoms with Gasteiger partial charge in [-0.3, -0.25) is 10.1 Å². The minimum absolute atomic E-state index is 0.0973. The van der Waals surface area contributed by atoms with Gasteiger partial charge in [0.2, 0.25) is 6.79 Å². The van der Waals surface area contributed by atoms with Crippen molar-refractivity contribution in [2.24, 2.45) is 10.9 Å². The number of carbonyl (C=O) groups excluding carboxylic acids is 1. The molecule has 1 atom stereocenters. The maximum absolute atomic E-state index is 12.5. The van der Waals surface area contributed by atoms with Crippen molar-refractivity contribution in [2.45, 2.75) is 32.8 Å². The molecule has 1 fully saturated rings. The molecule has 0 aliphatic carbocycles. The van der Waals surface area contributed by atoms with Crippen LogP contribution in [0.2, 0.25) is 0 Å². The Morgan fingerprint density at radius 3 is 2.96 bits per heavy atom. The van der Waals surface area contributed by atoms with Gasteiger partial charge in [0.1, 0.15) is 0 Å². The summed E-state index contributed by atoms with van der Waals surface area (Å²) >= 11 is 0. The van der Waals surface area contributed by atoms with E-state index in [9.17, 15) is 4.79 Å². The normalized spacial score (nSPS) is 19.3. The summed E-state index contributed by atoms with van der Waals surface area (Å²) in [7, 11) is 0. The summed E-state index contributed by atoms with van der Waals surface area (Å²) in [5.74, 6) is 1.23. The average molecular weight is 348 g/mol. The van der Waals surface area contributed by atoms with Crippen LogP contribution in [0, 0.1) is 5.92 Å². The smallest absolute Gasteiger partial charge is 0.291 e. The zero-order valence-electron chi connectivity index (χ0n) is 14.6. The lowest BCUT2D eigenvalue weighted by Crippen LogP contribution is -2.34. The van der Waals surface area contributed by atoms with Crippen LogP contribution in [-0.4, -0.2) is 44.6 Å². The number of fused-ring (bicyclic) bond motifs is 1. The highest BCUT2D eigenvalue weighted by Crippen LogP contribution is 2.32. The number of aliphatic imine (C=N–C) groups is 1. The molecule has 1 aromatic carbocycles. The van der Waals surface area contributed by atoms with Crippen molar-refractivity contribution in [1.29, 1.82) is 0 Å². The second-order valence-corrected chi connectivity index (χ2v) is 6.51. The number of nitrogens with one attached hydrogen (secondary N) is 1. The molecule has 1 saturated heterocycles. The third-order valence-electron chi connectivity index (χ3n) is 3.87. The van der Waals surface area contributed by atoms with E-state index in [1.165, 1.54) is 0 Å². The Labute approximate surface area is 147 Å². The monoisotopic (exact) mass is 348 g/mol. The quantitative estimate of drug-likeness (QED) is 0.653. The van der Waals surface area contributed by atoms with Crippen LogP contribution in [-0.2, 0) is 9.47 Å². The van der Waals surface area contributed by atoms with E-state index < -0.39 is 0 Å². The van der Waals surface area contributed by atoms with Crippen LogP contribution in [0.1, 0.15) is 37.0 Å². The van der Waals surface area contributed by atoms with E-state index in [1.807, 2.05) is 13.8 Å². The average Bonchev–Trinajstić information content (AvgIpc) is 3.27. The minimum atomic E-state index is -0.298. The summed E-state index contributed by atoms with van der Waals surface area (Å²) < 4.78 is 21.8. The van der Waals surface area contributed by atoms with E-state index in [-0.39, 0.29) is 24.8 Å². The largest absolute Gasteiger partial charge is 0.465 e. The Morgan fingerprint density at radius 2 is 2.20 bits per heavy atom. The number of amides is 1. The van der Waals surface area contributed by atoms with Gasteiger partial charge in [0.15, 0.2) is 11.5 Å². The number of nitrogens with zero attached hydrogens (tertiary/aromatic N) is 1. The Kier molecular flexibility index (Phi) is 5.75. The van der Waals surface area contributed by atoms with Gasteiger partial charge in [0, 0.05) is 12.2 Å². The van der Waals surface area contributed by atoms with Crippen LogP contribution in [0.5, 0.6) is 11.5 Å². The fraction of sp³-hybridized carbons (Fsp3) is 0.556. The standard InChI is InChI=1S/C18H24N2O5/c1-12(2)10-23-18(19-9-14-4-3-7-22-14)20-17(21)13-5-6-15-16(8-13)25-11-24-15/h5-6,8,12,14H,3-4,7,9-11H2,1-2H3,(H,19,20,21)/t14-/m1/s1. The molecule has 0 aromatic heterocycles. The molecule has 25 heavy (non-hydrogen) atoms. The van der Waals surface area contributed by atoms with Gasteiger partial charge in [0.05, 0.1) is 19.3 Å². The third-order valence-corrected chi connectivity index (χ3v) is 3.87. The molecular weight excluding hydrogens is 324 g/mol. The summed E-state index contributed by atoms with van der Waals surface area (Å²) in [6.07, 6.45) is 2.13. The van der Waals surface area contributed by atoms with Gasteiger partial charge < -0.3 is 18.9 Å². The topological polar surface area (TPSA) is 78.4 Å². The van der Waals surface area contributed by atoms with Crippen molar-refractivity contribution in [3.8, 4) is 11.5 Å². The van der Waals surface area contributed by atoms with Crippen molar-refractivity contribution in [1.82, 2.24) is 5.32 Å². The number of hydrogen-bond donors (Lipinski definition) is 1. The van der Waals surface area contributed by atoms with Gasteiger partial charge in [0.25, 0.3) is 11.9 Å². The number of rotatable bonds is 5. The third kappa shape index (κ3) is 4.85. The first-order valence-corrected chi connectivity index (χ1v) is 8.61. The number of carbonyl (C=O) groups is 1. The first kappa shape index (κ1) is 17.5. The first-order chi connectivity index (χ1) is 12.1. The van der Waals surface area contributed by atoms with Gasteiger partial charge in [-0.15, -0.1) is 0 Å². The van der Waals surface area contributed by atoms with E-state index in [0.29, 0.717) is 36.1 Å². The van der Waals surface area contributed by atoms with Crippen molar-refractivity contribution in [2.75, 3.05) is 26.6 Å². The molecule has 2 aliphatic rings. The van der Waals surface area contributed by atoms with Crippen LogP contribution in [0.25, 0.3) is 0 Å². The lowest BCUT2D eigenvalue weighted by Gasteiger charge is -2.14. The van der Waals surface area contributed by atoms with Gasteiger partial charge >= 0.3 is 0 Å². The summed E-state index contributed by atoms with van der Waals surface area (Å²) in [5.41, 5.74) is 0.460. The van der Waals surface area contributed by atoms with E-state index >= 15 is 0 Å². The molecule has 2 aliphatic heterocycles. The molecule has 7 nitrogen and oxygen atoms in total. The molecule has 1 N–H and O–H groups in total. The predicted octanol–water partition coefficient (Wildman–Crippen LogP) is 2.35. The molecule has 1 amide bonds. The molecule has 0 bridgehead atoms. The Bertz CT molecular complexity index is 638. The molecule has 0 radical (unpaired) electrons. The van der Waals surface area contributed by atoms with Crippen molar-refractivity contribution in [3.63, 3.8) is 0 Å². The summed E-state index contributed by atoms with van der Waals surface area (Å²) in [6.45, 7) is 5.98. The number of ether oxygens (including phenoxy) is 4. The van der Waals surface area contributed by atoms with E-state index in [2.05, 4.69) is 10.3 Å². The van der Waals surface area contributed by atoms with Crippen molar-refractivity contribution < 1.29 is 23.7 Å². The van der Waals surface area contributed by atoms with Gasteiger partial charge in [-0.25, -0.2) is 4.99 Å². The highest BCUT2D eigenvalue weighted by atomic mass is 16.7. The second kappa shape index (κ2) is 8.20. The van der Waals surface area contributed by atoms with Crippen LogP contribution < -0.4 is 14.8 Å². The van der Waals surface area contributed by atoms with E-state index in [1.54, 1.807) is 18.2 Å². The molecular formula is C18H24N2O5.